The molecule has 0 spiro atoms. The first-order chi connectivity index (χ1) is 11.6. The highest BCUT2D eigenvalue weighted by Crippen LogP contribution is 2.17. The number of imidazole rings is 1. The molecule has 1 aromatic carbocycles. The van der Waals surface area contributed by atoms with E-state index in [0.29, 0.717) is 37.6 Å². The molecular weight excluding hydrogens is 330 g/mol. The lowest BCUT2D eigenvalue weighted by molar-refractivity contribution is 0.0950. The van der Waals surface area contributed by atoms with E-state index in [-0.39, 0.29) is 17.3 Å². The molecule has 1 fully saturated rings. The summed E-state index contributed by atoms with van der Waals surface area (Å²) in [6, 6.07) is 5.98. The van der Waals surface area contributed by atoms with E-state index in [1.165, 1.54) is 28.6 Å². The number of amides is 1. The van der Waals surface area contributed by atoms with Gasteiger partial charge in [-0.1, -0.05) is 0 Å². The van der Waals surface area contributed by atoms with Gasteiger partial charge in [-0.05, 0) is 24.3 Å². The van der Waals surface area contributed by atoms with E-state index in [2.05, 4.69) is 20.6 Å². The van der Waals surface area contributed by atoms with Crippen molar-refractivity contribution in [2.45, 2.75) is 11.4 Å². The van der Waals surface area contributed by atoms with Crippen LogP contribution in [0.3, 0.4) is 0 Å². The van der Waals surface area contributed by atoms with Gasteiger partial charge in [0.05, 0.1) is 11.4 Å². The maximum Gasteiger partial charge on any atom is 0.251 e. The molecule has 0 saturated carbocycles. The maximum absolute atomic E-state index is 12.5. The summed E-state index contributed by atoms with van der Waals surface area (Å²) in [4.78, 5) is 19.2. The van der Waals surface area contributed by atoms with Gasteiger partial charge in [0.2, 0.25) is 10.0 Å². The number of hydrogen-bond acceptors (Lipinski definition) is 5. The quantitative estimate of drug-likeness (QED) is 0.701. The fourth-order valence-corrected chi connectivity index (χ4v) is 3.91. The SMILES string of the molecule is O=C(NCc1ncc[nH]1)c1ccc(S(=O)(=O)N2CCNCC2)cc1. The molecule has 1 aliphatic rings. The number of aromatic amines is 1. The number of H-pyrrole nitrogens is 1. The lowest BCUT2D eigenvalue weighted by Crippen LogP contribution is -2.46. The van der Waals surface area contributed by atoms with Crippen LogP contribution in [0.15, 0.2) is 41.6 Å². The number of rotatable bonds is 5. The van der Waals surface area contributed by atoms with Crippen molar-refractivity contribution in [1.82, 2.24) is 24.9 Å². The number of aromatic nitrogens is 2. The topological polar surface area (TPSA) is 107 Å². The van der Waals surface area contributed by atoms with Crippen LogP contribution in [0, 0.1) is 0 Å². The van der Waals surface area contributed by atoms with Crippen molar-refractivity contribution < 1.29 is 13.2 Å². The van der Waals surface area contributed by atoms with Crippen molar-refractivity contribution in [1.29, 1.82) is 0 Å². The molecule has 0 radical (unpaired) electrons. The van der Waals surface area contributed by atoms with E-state index in [1.807, 2.05) is 0 Å². The molecule has 2 aromatic rings. The first-order valence-electron chi connectivity index (χ1n) is 7.65. The second kappa shape index (κ2) is 7.12. The number of piperazine rings is 1. The average Bonchev–Trinajstić information content (AvgIpc) is 3.14. The van der Waals surface area contributed by atoms with Crippen LogP contribution in [-0.2, 0) is 16.6 Å². The summed E-state index contributed by atoms with van der Waals surface area (Å²) < 4.78 is 26.5. The van der Waals surface area contributed by atoms with Crippen LogP contribution in [0.5, 0.6) is 0 Å². The van der Waals surface area contributed by atoms with E-state index >= 15 is 0 Å². The van der Waals surface area contributed by atoms with Crippen LogP contribution in [0.25, 0.3) is 0 Å². The Labute approximate surface area is 140 Å². The van der Waals surface area contributed by atoms with Crippen LogP contribution >= 0.6 is 0 Å². The van der Waals surface area contributed by atoms with E-state index in [1.54, 1.807) is 12.4 Å². The van der Waals surface area contributed by atoms with Crippen LogP contribution in [-0.4, -0.2) is 54.8 Å². The van der Waals surface area contributed by atoms with Gasteiger partial charge in [-0.15, -0.1) is 0 Å². The molecule has 1 saturated heterocycles. The first-order valence-corrected chi connectivity index (χ1v) is 9.09. The molecule has 1 aromatic heterocycles. The Hall–Kier alpha value is -2.23. The predicted octanol–water partition coefficient (Wildman–Crippen LogP) is -0.0664. The van der Waals surface area contributed by atoms with Gasteiger partial charge in [0.25, 0.3) is 5.91 Å². The Morgan fingerprint density at radius 1 is 1.21 bits per heavy atom. The summed E-state index contributed by atoms with van der Waals surface area (Å²) >= 11 is 0. The molecule has 128 valence electrons. The summed E-state index contributed by atoms with van der Waals surface area (Å²) in [5.41, 5.74) is 0.404. The number of sulfonamides is 1. The van der Waals surface area contributed by atoms with E-state index in [9.17, 15) is 13.2 Å². The van der Waals surface area contributed by atoms with Crippen molar-refractivity contribution in [2.75, 3.05) is 26.2 Å². The summed E-state index contributed by atoms with van der Waals surface area (Å²) in [5.74, 6) is 0.374. The van der Waals surface area contributed by atoms with Gasteiger partial charge in [-0.3, -0.25) is 4.79 Å². The second-order valence-corrected chi connectivity index (χ2v) is 7.33. The van der Waals surface area contributed by atoms with Gasteiger partial charge in [0.15, 0.2) is 0 Å². The van der Waals surface area contributed by atoms with Gasteiger partial charge >= 0.3 is 0 Å². The fraction of sp³-hybridized carbons (Fsp3) is 0.333. The van der Waals surface area contributed by atoms with Gasteiger partial charge in [-0.25, -0.2) is 13.4 Å². The molecule has 8 nitrogen and oxygen atoms in total. The van der Waals surface area contributed by atoms with Crippen LogP contribution in [0.4, 0.5) is 0 Å². The summed E-state index contributed by atoms with van der Waals surface area (Å²) in [6.45, 7) is 2.48. The molecule has 0 aliphatic carbocycles. The zero-order valence-electron chi connectivity index (χ0n) is 13.0. The highest BCUT2D eigenvalue weighted by Gasteiger charge is 2.25. The Bertz CT molecular complexity index is 781. The smallest absolute Gasteiger partial charge is 0.251 e. The fourth-order valence-electron chi connectivity index (χ4n) is 2.47. The molecule has 0 unspecified atom stereocenters. The Morgan fingerprint density at radius 2 is 1.92 bits per heavy atom. The second-order valence-electron chi connectivity index (χ2n) is 5.40. The Balaban J connectivity index is 1.67. The standard InChI is InChI=1S/C15H19N5O3S/c21-15(19-11-14-17-5-6-18-14)12-1-3-13(4-2-12)24(22,23)20-9-7-16-8-10-20/h1-6,16H,7-11H2,(H,17,18)(H,19,21). The molecule has 3 rings (SSSR count). The molecule has 3 N–H and O–H groups in total. The molecule has 0 bridgehead atoms. The minimum absolute atomic E-state index is 0.201. The number of carbonyl (C=O) groups is 1. The number of hydrogen-bond donors (Lipinski definition) is 3. The third-order valence-electron chi connectivity index (χ3n) is 3.80. The Kier molecular flexibility index (Phi) is 4.93. The largest absolute Gasteiger partial charge is 0.347 e. The van der Waals surface area contributed by atoms with E-state index < -0.39 is 10.0 Å². The number of carbonyl (C=O) groups excluding carboxylic acids is 1. The van der Waals surface area contributed by atoms with Crippen molar-refractivity contribution >= 4 is 15.9 Å². The zero-order chi connectivity index (χ0) is 17.0. The predicted molar refractivity (Wildman–Crippen MR) is 87.8 cm³/mol. The minimum Gasteiger partial charge on any atom is -0.347 e. The summed E-state index contributed by atoms with van der Waals surface area (Å²) in [5, 5.41) is 5.84. The molecule has 2 heterocycles. The number of benzene rings is 1. The Morgan fingerprint density at radius 3 is 2.54 bits per heavy atom. The molecule has 9 heteroatoms. The highest BCUT2D eigenvalue weighted by molar-refractivity contribution is 7.89. The molecular formula is C15H19N5O3S. The first kappa shape index (κ1) is 16.6. The number of nitrogens with one attached hydrogen (secondary N) is 3. The van der Waals surface area contributed by atoms with Crippen LogP contribution < -0.4 is 10.6 Å². The lowest BCUT2D eigenvalue weighted by atomic mass is 10.2. The van der Waals surface area contributed by atoms with Gasteiger partial charge in [0.1, 0.15) is 5.82 Å². The van der Waals surface area contributed by atoms with Gasteiger partial charge < -0.3 is 15.6 Å². The highest BCUT2D eigenvalue weighted by atomic mass is 32.2. The normalized spacial score (nSPS) is 16.0. The zero-order valence-corrected chi connectivity index (χ0v) is 13.8. The van der Waals surface area contributed by atoms with Gasteiger partial charge in [0, 0.05) is 44.1 Å². The monoisotopic (exact) mass is 349 g/mol. The molecule has 0 atom stereocenters. The lowest BCUT2D eigenvalue weighted by Gasteiger charge is -2.26. The van der Waals surface area contributed by atoms with Crippen molar-refractivity contribution in [3.63, 3.8) is 0 Å². The molecule has 1 amide bonds. The molecule has 24 heavy (non-hydrogen) atoms. The average molecular weight is 349 g/mol. The van der Waals surface area contributed by atoms with E-state index in [4.69, 9.17) is 0 Å². The molecule has 1 aliphatic heterocycles. The van der Waals surface area contributed by atoms with Crippen molar-refractivity contribution in [3.8, 4) is 0 Å². The maximum atomic E-state index is 12.5. The summed E-state index contributed by atoms with van der Waals surface area (Å²) in [7, 11) is -3.51. The van der Waals surface area contributed by atoms with Crippen molar-refractivity contribution in [2.24, 2.45) is 0 Å². The van der Waals surface area contributed by atoms with Crippen LogP contribution in [0.1, 0.15) is 16.2 Å². The third kappa shape index (κ3) is 3.64. The summed E-state index contributed by atoms with van der Waals surface area (Å²) in [6.07, 6.45) is 3.29. The third-order valence-corrected chi connectivity index (χ3v) is 5.71. The van der Waals surface area contributed by atoms with Gasteiger partial charge in [-0.2, -0.15) is 4.31 Å². The minimum atomic E-state index is -3.51. The number of nitrogens with zero attached hydrogens (tertiary/aromatic N) is 2. The van der Waals surface area contributed by atoms with Crippen molar-refractivity contribution in [3.05, 3.63) is 48.0 Å². The van der Waals surface area contributed by atoms with Crippen LogP contribution in [0.2, 0.25) is 0 Å². The van der Waals surface area contributed by atoms with E-state index in [0.717, 1.165) is 0 Å².